The first-order valence-electron chi connectivity index (χ1n) is 7.69. The summed E-state index contributed by atoms with van der Waals surface area (Å²) in [5.41, 5.74) is 7.52. The summed E-state index contributed by atoms with van der Waals surface area (Å²) in [6.45, 7) is 9.82. The monoisotopic (exact) mass is 325 g/mol. The van der Waals surface area contributed by atoms with Crippen LogP contribution in [0.25, 0.3) is 10.4 Å². The number of nitrogens with one attached hydrogen (secondary N) is 2. The number of nitrogens with zero attached hydrogens (tertiary/aromatic N) is 3. The number of azide groups is 1. The third-order valence-corrected chi connectivity index (χ3v) is 2.71. The molecule has 2 amide bonds. The minimum atomic E-state index is -0.703. The van der Waals surface area contributed by atoms with Crippen LogP contribution >= 0.6 is 0 Å². The Hall–Kier alpha value is -2.21. The molecule has 130 valence electrons. The summed E-state index contributed by atoms with van der Waals surface area (Å²) in [4.78, 5) is 26.5. The van der Waals surface area contributed by atoms with E-state index >= 15 is 0 Å². The van der Waals surface area contributed by atoms with E-state index in [0.29, 0.717) is 19.5 Å². The molecule has 0 aliphatic rings. The fraction of sp³-hybridized carbons (Fsp3) is 0.733. The molecule has 0 aliphatic heterocycles. The van der Waals surface area contributed by atoms with Gasteiger partial charge in [0.15, 0.2) is 0 Å². The van der Waals surface area contributed by atoms with Crippen LogP contribution in [0.3, 0.4) is 0 Å². The van der Waals surface area contributed by atoms with Gasteiger partial charge in [0, 0.05) is 18.0 Å². The average molecular weight is 325 g/mol. The van der Waals surface area contributed by atoms with E-state index in [1.54, 1.807) is 26.8 Å². The molecule has 0 aromatic carbocycles. The lowest BCUT2D eigenvalue weighted by molar-refractivity contribution is -0.123. The third kappa shape index (κ3) is 12.1. The average Bonchev–Trinajstić information content (AvgIpc) is 2.43. The van der Waals surface area contributed by atoms with Gasteiger partial charge in [0.05, 0.1) is 0 Å². The van der Waals surface area contributed by atoms with E-state index in [9.17, 15) is 9.59 Å². The standard InChI is InChI=1S/C15H27N5O3/c1-5-9-12(19-14(22)23-15(2,3)4)13(21)17-10-7-6-8-11-18-20-16/h5,12H,1,6-11H2,2-4H3,(H,17,21)(H,19,22)/t12-/m0/s1. The van der Waals surface area contributed by atoms with Gasteiger partial charge in [0.2, 0.25) is 5.91 Å². The van der Waals surface area contributed by atoms with Crippen molar-refractivity contribution in [1.29, 1.82) is 0 Å². The van der Waals surface area contributed by atoms with Crippen molar-refractivity contribution in [2.24, 2.45) is 5.11 Å². The van der Waals surface area contributed by atoms with Crippen molar-refractivity contribution < 1.29 is 14.3 Å². The molecule has 0 bridgehead atoms. The molecule has 8 heteroatoms. The molecule has 0 fully saturated rings. The molecule has 0 aromatic rings. The molecule has 0 heterocycles. The van der Waals surface area contributed by atoms with Crippen molar-refractivity contribution in [3.05, 3.63) is 23.1 Å². The summed E-state index contributed by atoms with van der Waals surface area (Å²) in [5, 5.41) is 8.75. The van der Waals surface area contributed by atoms with Crippen LogP contribution in [0, 0.1) is 0 Å². The van der Waals surface area contributed by atoms with Crippen molar-refractivity contribution in [3.63, 3.8) is 0 Å². The van der Waals surface area contributed by atoms with Crippen molar-refractivity contribution in [2.45, 2.75) is 58.1 Å². The molecule has 0 aliphatic carbocycles. The number of alkyl carbamates (subject to hydrolysis) is 1. The van der Waals surface area contributed by atoms with Gasteiger partial charge in [-0.25, -0.2) is 4.79 Å². The van der Waals surface area contributed by atoms with E-state index in [2.05, 4.69) is 27.2 Å². The Morgan fingerprint density at radius 3 is 2.61 bits per heavy atom. The number of hydrogen-bond acceptors (Lipinski definition) is 4. The molecule has 8 nitrogen and oxygen atoms in total. The lowest BCUT2D eigenvalue weighted by Crippen LogP contribution is -2.48. The normalized spacial score (nSPS) is 11.8. The van der Waals surface area contributed by atoms with Gasteiger partial charge in [-0.1, -0.05) is 17.6 Å². The second-order valence-electron chi connectivity index (χ2n) is 6.03. The zero-order valence-electron chi connectivity index (χ0n) is 14.2. The van der Waals surface area contributed by atoms with E-state index in [1.165, 1.54) is 0 Å². The summed E-state index contributed by atoms with van der Waals surface area (Å²) < 4.78 is 5.14. The number of unbranched alkanes of at least 4 members (excludes halogenated alkanes) is 2. The highest BCUT2D eigenvalue weighted by Gasteiger charge is 2.23. The predicted octanol–water partition coefficient (Wildman–Crippen LogP) is 3.05. The molecule has 0 unspecified atom stereocenters. The number of carbonyl (C=O) groups is 2. The molecular formula is C15H27N5O3. The Morgan fingerprint density at radius 2 is 2.04 bits per heavy atom. The zero-order valence-corrected chi connectivity index (χ0v) is 14.2. The van der Waals surface area contributed by atoms with Gasteiger partial charge in [0.1, 0.15) is 11.6 Å². The molecule has 0 spiro atoms. The van der Waals surface area contributed by atoms with E-state index < -0.39 is 17.7 Å². The molecule has 1 atom stereocenters. The molecule has 0 saturated carbocycles. The van der Waals surface area contributed by atoms with Gasteiger partial charge >= 0.3 is 6.09 Å². The maximum absolute atomic E-state index is 12.1. The Balaban J connectivity index is 4.16. The fourth-order valence-corrected chi connectivity index (χ4v) is 1.71. The minimum absolute atomic E-state index is 0.272. The van der Waals surface area contributed by atoms with E-state index in [4.69, 9.17) is 10.3 Å². The first-order chi connectivity index (χ1) is 10.8. The highest BCUT2D eigenvalue weighted by Crippen LogP contribution is 2.07. The Bertz CT molecular complexity index is 439. The zero-order chi connectivity index (χ0) is 17.7. The number of rotatable bonds is 10. The first kappa shape index (κ1) is 20.8. The number of carbonyl (C=O) groups excluding carboxylic acids is 2. The second kappa shape index (κ2) is 11.4. The number of ether oxygens (including phenoxy) is 1. The lowest BCUT2D eigenvalue weighted by Gasteiger charge is -2.22. The lowest BCUT2D eigenvalue weighted by atomic mass is 10.2. The van der Waals surface area contributed by atoms with Crippen LogP contribution in [0.5, 0.6) is 0 Å². The van der Waals surface area contributed by atoms with E-state index in [-0.39, 0.29) is 5.91 Å². The Labute approximate surface area is 137 Å². The quantitative estimate of drug-likeness (QED) is 0.211. The second-order valence-corrected chi connectivity index (χ2v) is 6.03. The summed E-state index contributed by atoms with van der Waals surface area (Å²) in [6.07, 6.45) is 3.68. The molecule has 0 aromatic heterocycles. The van der Waals surface area contributed by atoms with E-state index in [1.807, 2.05) is 0 Å². The highest BCUT2D eigenvalue weighted by molar-refractivity contribution is 5.85. The maximum atomic E-state index is 12.1. The SMILES string of the molecule is C=CC[C@H](NC(=O)OC(C)(C)C)C(=O)NCCCCCN=[N+]=[N-]. The maximum Gasteiger partial charge on any atom is 0.408 e. The summed E-state index contributed by atoms with van der Waals surface area (Å²) in [7, 11) is 0. The predicted molar refractivity (Wildman–Crippen MR) is 88.8 cm³/mol. The van der Waals surface area contributed by atoms with Gasteiger partial charge in [-0.2, -0.15) is 0 Å². The molecule has 0 rings (SSSR count). The molecule has 0 radical (unpaired) electrons. The van der Waals surface area contributed by atoms with E-state index in [0.717, 1.165) is 19.3 Å². The van der Waals surface area contributed by atoms with Crippen LogP contribution < -0.4 is 10.6 Å². The van der Waals surface area contributed by atoms with Crippen LogP contribution in [0.2, 0.25) is 0 Å². The largest absolute Gasteiger partial charge is 0.444 e. The smallest absolute Gasteiger partial charge is 0.408 e. The van der Waals surface area contributed by atoms with Gasteiger partial charge < -0.3 is 15.4 Å². The molecule has 0 saturated heterocycles. The summed E-state index contributed by atoms with van der Waals surface area (Å²) in [5.74, 6) is -0.272. The van der Waals surface area contributed by atoms with Crippen molar-refractivity contribution in [3.8, 4) is 0 Å². The first-order valence-corrected chi connectivity index (χ1v) is 7.69. The number of amides is 2. The molecular weight excluding hydrogens is 298 g/mol. The summed E-state index contributed by atoms with van der Waals surface area (Å²) in [6, 6.07) is -0.703. The molecule has 23 heavy (non-hydrogen) atoms. The number of hydrogen-bond donors (Lipinski definition) is 2. The third-order valence-electron chi connectivity index (χ3n) is 2.71. The van der Waals surface area contributed by atoms with Crippen LogP contribution in [-0.2, 0) is 9.53 Å². The van der Waals surface area contributed by atoms with Gasteiger partial charge in [-0.3, -0.25) is 4.79 Å². The fourth-order valence-electron chi connectivity index (χ4n) is 1.71. The van der Waals surface area contributed by atoms with Crippen LogP contribution in [0.1, 0.15) is 46.5 Å². The summed E-state index contributed by atoms with van der Waals surface area (Å²) >= 11 is 0. The van der Waals surface area contributed by atoms with Crippen LogP contribution in [0.15, 0.2) is 17.8 Å². The van der Waals surface area contributed by atoms with Gasteiger partial charge in [-0.05, 0) is 45.6 Å². The van der Waals surface area contributed by atoms with Crippen molar-refractivity contribution in [1.82, 2.24) is 10.6 Å². The van der Waals surface area contributed by atoms with Crippen molar-refractivity contribution >= 4 is 12.0 Å². The Kier molecular flexibility index (Phi) is 10.3. The molecule has 2 N–H and O–H groups in total. The van der Waals surface area contributed by atoms with Gasteiger partial charge in [-0.15, -0.1) is 6.58 Å². The minimum Gasteiger partial charge on any atom is -0.444 e. The van der Waals surface area contributed by atoms with Crippen LogP contribution in [0.4, 0.5) is 4.79 Å². The topological polar surface area (TPSA) is 116 Å². The van der Waals surface area contributed by atoms with Crippen molar-refractivity contribution in [2.75, 3.05) is 13.1 Å². The van der Waals surface area contributed by atoms with Gasteiger partial charge in [0.25, 0.3) is 0 Å². The van der Waals surface area contributed by atoms with Crippen LogP contribution in [-0.4, -0.2) is 36.7 Å². The Morgan fingerprint density at radius 1 is 1.35 bits per heavy atom. The highest BCUT2D eigenvalue weighted by atomic mass is 16.6.